The van der Waals surface area contributed by atoms with Crippen LogP contribution >= 0.6 is 0 Å². The van der Waals surface area contributed by atoms with Crippen LogP contribution in [0.1, 0.15) is 26.7 Å². The second-order valence-electron chi connectivity index (χ2n) is 6.27. The summed E-state index contributed by atoms with van der Waals surface area (Å²) in [6.07, 6.45) is 2.20. The average molecular weight is 270 g/mol. The normalized spacial score (nSPS) is 34.5. The first-order valence-corrected chi connectivity index (χ1v) is 7.07. The fourth-order valence-corrected chi connectivity index (χ4v) is 3.19. The van der Waals surface area contributed by atoms with Gasteiger partial charge in [-0.25, -0.2) is 0 Å². The lowest BCUT2D eigenvalue weighted by Crippen LogP contribution is -2.56. The van der Waals surface area contributed by atoms with Crippen LogP contribution in [0.2, 0.25) is 0 Å². The Balaban J connectivity index is 2.04. The first kappa shape index (κ1) is 14.8. The lowest BCUT2D eigenvalue weighted by molar-refractivity contribution is -0.137. The van der Waals surface area contributed by atoms with Gasteiger partial charge in [0, 0.05) is 27.3 Å². The van der Waals surface area contributed by atoms with E-state index in [0.29, 0.717) is 13.1 Å². The van der Waals surface area contributed by atoms with Crippen LogP contribution in [-0.2, 0) is 14.3 Å². The molecule has 5 heteroatoms. The number of carbonyl (C=O) groups is 1. The van der Waals surface area contributed by atoms with E-state index in [9.17, 15) is 4.79 Å². The van der Waals surface area contributed by atoms with Crippen molar-refractivity contribution >= 4 is 5.91 Å². The number of nitrogens with zero attached hydrogens (tertiary/aromatic N) is 1. The molecule has 19 heavy (non-hydrogen) atoms. The molecule has 3 unspecified atom stereocenters. The van der Waals surface area contributed by atoms with Gasteiger partial charge >= 0.3 is 0 Å². The van der Waals surface area contributed by atoms with Crippen molar-refractivity contribution in [3.05, 3.63) is 0 Å². The van der Waals surface area contributed by atoms with Crippen LogP contribution < -0.4 is 5.32 Å². The lowest BCUT2D eigenvalue weighted by Gasteiger charge is -2.40. The summed E-state index contributed by atoms with van der Waals surface area (Å²) in [4.78, 5) is 14.6. The van der Waals surface area contributed by atoms with Crippen molar-refractivity contribution in [1.29, 1.82) is 0 Å². The zero-order valence-corrected chi connectivity index (χ0v) is 12.4. The zero-order valence-electron chi connectivity index (χ0n) is 12.4. The molecule has 1 amide bonds. The number of carbonyl (C=O) groups excluding carboxylic acids is 1. The molecule has 0 aromatic carbocycles. The fourth-order valence-electron chi connectivity index (χ4n) is 3.19. The van der Waals surface area contributed by atoms with E-state index in [1.54, 1.807) is 14.2 Å². The molecule has 5 nitrogen and oxygen atoms in total. The monoisotopic (exact) mass is 270 g/mol. The average Bonchev–Trinajstić information content (AvgIpc) is 2.80. The third-order valence-electron chi connectivity index (χ3n) is 4.51. The number of likely N-dealkylation sites (tertiary alicyclic amines) is 1. The highest BCUT2D eigenvalue weighted by atomic mass is 16.5. The Bertz CT molecular complexity index is 321. The second-order valence-corrected chi connectivity index (χ2v) is 6.27. The van der Waals surface area contributed by atoms with Crippen LogP contribution in [0.15, 0.2) is 0 Å². The minimum absolute atomic E-state index is 0.0133. The van der Waals surface area contributed by atoms with E-state index >= 15 is 0 Å². The van der Waals surface area contributed by atoms with Gasteiger partial charge in [-0.2, -0.15) is 0 Å². The molecule has 2 aliphatic rings. The van der Waals surface area contributed by atoms with Crippen LogP contribution in [-0.4, -0.2) is 62.9 Å². The van der Waals surface area contributed by atoms with Crippen LogP contribution in [0, 0.1) is 5.41 Å². The topological polar surface area (TPSA) is 50.8 Å². The predicted octanol–water partition coefficient (Wildman–Crippen LogP) is 0.637. The summed E-state index contributed by atoms with van der Waals surface area (Å²) in [6, 6.07) is -0.0886. The Morgan fingerprint density at radius 1 is 1.21 bits per heavy atom. The van der Waals surface area contributed by atoms with Crippen LogP contribution in [0.3, 0.4) is 0 Å². The molecule has 0 radical (unpaired) electrons. The first-order chi connectivity index (χ1) is 8.99. The smallest absolute Gasteiger partial charge is 0.240 e. The summed E-state index contributed by atoms with van der Waals surface area (Å²) in [7, 11) is 3.35. The summed E-state index contributed by atoms with van der Waals surface area (Å²) in [5.41, 5.74) is 0.0169. The van der Waals surface area contributed by atoms with Crippen molar-refractivity contribution in [2.24, 2.45) is 5.41 Å². The number of amides is 1. The Morgan fingerprint density at radius 2 is 1.79 bits per heavy atom. The molecule has 0 spiro atoms. The highest BCUT2D eigenvalue weighted by Crippen LogP contribution is 2.32. The molecule has 2 aliphatic heterocycles. The maximum atomic E-state index is 12.7. The van der Waals surface area contributed by atoms with Gasteiger partial charge in [0.1, 0.15) is 12.2 Å². The maximum Gasteiger partial charge on any atom is 0.240 e. The standard InChI is InChI=1S/C14H26N2O3/c1-14(2)6-5-7-15-12(14)13(17)16-8-10(18-3)11(9-16)19-4/h10-12,15H,5-9H2,1-4H3. The molecule has 3 atom stereocenters. The molecule has 2 rings (SSSR count). The number of piperidine rings is 1. The molecule has 0 saturated carbocycles. The minimum atomic E-state index is -0.0886. The molecular weight excluding hydrogens is 244 g/mol. The van der Waals surface area contributed by atoms with Gasteiger partial charge in [-0.3, -0.25) is 4.79 Å². The SMILES string of the molecule is COC1CN(C(=O)C2NCCCC2(C)C)CC1OC. The quantitative estimate of drug-likeness (QED) is 0.817. The molecule has 0 aliphatic carbocycles. The maximum absolute atomic E-state index is 12.7. The van der Waals surface area contributed by atoms with Crippen molar-refractivity contribution in [3.8, 4) is 0 Å². The van der Waals surface area contributed by atoms with Gasteiger partial charge in [-0.05, 0) is 24.8 Å². The van der Waals surface area contributed by atoms with E-state index < -0.39 is 0 Å². The summed E-state index contributed by atoms with van der Waals surface area (Å²) in [5.74, 6) is 0.186. The molecule has 2 heterocycles. The Kier molecular flexibility index (Phi) is 4.48. The lowest BCUT2D eigenvalue weighted by atomic mass is 9.77. The van der Waals surface area contributed by atoms with E-state index in [1.807, 2.05) is 4.90 Å². The van der Waals surface area contributed by atoms with Gasteiger partial charge in [0.2, 0.25) is 5.91 Å². The zero-order chi connectivity index (χ0) is 14.0. The van der Waals surface area contributed by atoms with Gasteiger partial charge in [0.05, 0.1) is 6.04 Å². The minimum Gasteiger partial charge on any atom is -0.377 e. The Hall–Kier alpha value is -0.650. The van der Waals surface area contributed by atoms with Crippen molar-refractivity contribution < 1.29 is 14.3 Å². The van der Waals surface area contributed by atoms with Crippen molar-refractivity contribution in [3.63, 3.8) is 0 Å². The summed E-state index contributed by atoms with van der Waals surface area (Å²) < 4.78 is 10.8. The number of hydrogen-bond donors (Lipinski definition) is 1. The number of methoxy groups -OCH3 is 2. The van der Waals surface area contributed by atoms with E-state index in [2.05, 4.69) is 19.2 Å². The van der Waals surface area contributed by atoms with Crippen molar-refractivity contribution in [2.45, 2.75) is 44.9 Å². The van der Waals surface area contributed by atoms with E-state index in [-0.39, 0.29) is 29.6 Å². The highest BCUT2D eigenvalue weighted by Gasteiger charge is 2.43. The van der Waals surface area contributed by atoms with Gasteiger partial charge in [-0.1, -0.05) is 13.8 Å². The van der Waals surface area contributed by atoms with Gasteiger partial charge in [0.15, 0.2) is 0 Å². The molecular formula is C14H26N2O3. The van der Waals surface area contributed by atoms with Crippen LogP contribution in [0.5, 0.6) is 0 Å². The highest BCUT2D eigenvalue weighted by molar-refractivity contribution is 5.83. The summed E-state index contributed by atoms with van der Waals surface area (Å²) >= 11 is 0. The number of hydrogen-bond acceptors (Lipinski definition) is 4. The first-order valence-electron chi connectivity index (χ1n) is 7.07. The summed E-state index contributed by atoms with van der Waals surface area (Å²) in [6.45, 7) is 6.51. The van der Waals surface area contributed by atoms with E-state index in [4.69, 9.17) is 9.47 Å². The molecule has 110 valence electrons. The number of rotatable bonds is 3. The van der Waals surface area contributed by atoms with Gasteiger partial charge < -0.3 is 19.7 Å². The number of ether oxygens (including phenoxy) is 2. The second kappa shape index (κ2) is 5.77. The molecule has 0 bridgehead atoms. The van der Waals surface area contributed by atoms with Gasteiger partial charge in [-0.15, -0.1) is 0 Å². The summed E-state index contributed by atoms with van der Waals surface area (Å²) in [5, 5.41) is 3.38. The van der Waals surface area contributed by atoms with Crippen molar-refractivity contribution in [1.82, 2.24) is 10.2 Å². The Labute approximate surface area is 115 Å². The fraction of sp³-hybridized carbons (Fsp3) is 0.929. The van der Waals surface area contributed by atoms with E-state index in [1.165, 1.54) is 0 Å². The third kappa shape index (κ3) is 2.93. The van der Waals surface area contributed by atoms with Crippen LogP contribution in [0.25, 0.3) is 0 Å². The molecule has 0 aromatic rings. The van der Waals surface area contributed by atoms with Crippen LogP contribution in [0.4, 0.5) is 0 Å². The Morgan fingerprint density at radius 3 is 2.26 bits per heavy atom. The van der Waals surface area contributed by atoms with Gasteiger partial charge in [0.25, 0.3) is 0 Å². The molecule has 2 saturated heterocycles. The molecule has 0 aromatic heterocycles. The number of nitrogens with one attached hydrogen (secondary N) is 1. The molecule has 2 fully saturated rings. The largest absolute Gasteiger partial charge is 0.377 e. The third-order valence-corrected chi connectivity index (χ3v) is 4.51. The predicted molar refractivity (Wildman–Crippen MR) is 73.0 cm³/mol. The molecule has 1 N–H and O–H groups in total. The van der Waals surface area contributed by atoms with Crippen molar-refractivity contribution in [2.75, 3.05) is 33.9 Å². The van der Waals surface area contributed by atoms with E-state index in [0.717, 1.165) is 19.4 Å².